The molecule has 2 aliphatic rings. The predicted molar refractivity (Wildman–Crippen MR) is 70.3 cm³/mol. The summed E-state index contributed by atoms with van der Waals surface area (Å²) >= 11 is 0. The van der Waals surface area contributed by atoms with E-state index in [1.807, 2.05) is 12.1 Å². The van der Waals surface area contributed by atoms with Crippen molar-refractivity contribution in [1.29, 1.82) is 0 Å². The summed E-state index contributed by atoms with van der Waals surface area (Å²) in [5, 5.41) is 3.54. The summed E-state index contributed by atoms with van der Waals surface area (Å²) in [5.41, 5.74) is 2.32. The Morgan fingerprint density at radius 3 is 3.12 bits per heavy atom. The predicted octanol–water partition coefficient (Wildman–Crippen LogP) is 2.12. The lowest BCUT2D eigenvalue weighted by Crippen LogP contribution is -2.50. The van der Waals surface area contributed by atoms with Crippen molar-refractivity contribution in [1.82, 2.24) is 0 Å². The zero-order valence-corrected chi connectivity index (χ0v) is 11.0. The Bertz CT molecular complexity index is 488. The molecule has 0 amide bonds. The van der Waals surface area contributed by atoms with Gasteiger partial charge in [-0.3, -0.25) is 4.21 Å². The summed E-state index contributed by atoms with van der Waals surface area (Å²) in [6.07, 6.45) is 1.07. The average Bonchev–Trinajstić information content (AvgIpc) is 2.26. The summed E-state index contributed by atoms with van der Waals surface area (Å²) < 4.78 is 17.3. The molecular weight excluding hydrogens is 234 g/mol. The summed E-state index contributed by atoms with van der Waals surface area (Å²) in [6.45, 7) is 2.16. The van der Waals surface area contributed by atoms with Crippen molar-refractivity contribution in [3.63, 3.8) is 0 Å². The maximum absolute atomic E-state index is 11.9. The third-order valence-corrected chi connectivity index (χ3v) is 5.44. The lowest BCUT2D eigenvalue weighted by molar-refractivity contribution is 0.400. The van der Waals surface area contributed by atoms with Gasteiger partial charge in [-0.15, -0.1) is 0 Å². The Hall–Kier alpha value is -1.03. The molecule has 3 nitrogen and oxygen atoms in total. The molecule has 0 aliphatic carbocycles. The molecule has 1 saturated heterocycles. The summed E-state index contributed by atoms with van der Waals surface area (Å²) in [7, 11) is 0.989. The summed E-state index contributed by atoms with van der Waals surface area (Å²) in [5.74, 6) is 2.82. The standard InChI is InChI=1S/C13H17NO2S/c1-13-6-9(7-17(15)8-13)10-4-3-5-11(16-2)12(10)14-13/h3-5,9,14H,6-8H2,1-2H3. The molecule has 1 fully saturated rings. The second kappa shape index (κ2) is 3.73. The number of rotatable bonds is 1. The van der Waals surface area contributed by atoms with Crippen LogP contribution in [-0.4, -0.2) is 28.4 Å². The monoisotopic (exact) mass is 251 g/mol. The Morgan fingerprint density at radius 1 is 1.53 bits per heavy atom. The largest absolute Gasteiger partial charge is 0.495 e. The van der Waals surface area contributed by atoms with Gasteiger partial charge in [-0.05, 0) is 30.9 Å². The van der Waals surface area contributed by atoms with Crippen molar-refractivity contribution in [3.05, 3.63) is 23.8 Å². The van der Waals surface area contributed by atoms with Crippen molar-refractivity contribution in [2.45, 2.75) is 24.8 Å². The van der Waals surface area contributed by atoms with Gasteiger partial charge < -0.3 is 10.1 Å². The SMILES string of the molecule is COc1cccc2c1NC1(C)CC2CS(=O)C1. The van der Waals surface area contributed by atoms with Crippen LogP contribution in [0.2, 0.25) is 0 Å². The molecule has 0 spiro atoms. The maximum Gasteiger partial charge on any atom is 0.142 e. The van der Waals surface area contributed by atoms with Crippen LogP contribution in [0, 0.1) is 0 Å². The minimum Gasteiger partial charge on any atom is -0.495 e. The number of fused-ring (bicyclic) bond motifs is 4. The molecule has 1 aromatic carbocycles. The molecule has 0 saturated carbocycles. The quantitative estimate of drug-likeness (QED) is 0.831. The Labute approximate surface area is 104 Å². The van der Waals surface area contributed by atoms with Gasteiger partial charge in [0.25, 0.3) is 0 Å². The number of para-hydroxylation sites is 1. The number of nitrogens with one attached hydrogen (secondary N) is 1. The highest BCUT2D eigenvalue weighted by Gasteiger charge is 2.42. The highest BCUT2D eigenvalue weighted by atomic mass is 32.2. The van der Waals surface area contributed by atoms with Crippen molar-refractivity contribution in [2.24, 2.45) is 0 Å². The first-order valence-corrected chi connectivity index (χ1v) is 7.40. The molecule has 4 heteroatoms. The third-order valence-electron chi connectivity index (χ3n) is 3.71. The first-order valence-electron chi connectivity index (χ1n) is 5.91. The smallest absolute Gasteiger partial charge is 0.142 e. The van der Waals surface area contributed by atoms with Gasteiger partial charge in [-0.2, -0.15) is 0 Å². The van der Waals surface area contributed by atoms with E-state index >= 15 is 0 Å². The van der Waals surface area contributed by atoms with E-state index in [0.717, 1.165) is 29.4 Å². The lowest BCUT2D eigenvalue weighted by atomic mass is 9.81. The topological polar surface area (TPSA) is 38.3 Å². The van der Waals surface area contributed by atoms with E-state index in [-0.39, 0.29) is 5.54 Å². The van der Waals surface area contributed by atoms with E-state index in [2.05, 4.69) is 18.3 Å². The molecule has 2 heterocycles. The van der Waals surface area contributed by atoms with Crippen LogP contribution in [0.4, 0.5) is 5.69 Å². The fourth-order valence-corrected chi connectivity index (χ4v) is 4.85. The molecule has 3 unspecified atom stereocenters. The normalized spacial score (nSPS) is 34.7. The van der Waals surface area contributed by atoms with E-state index in [0.29, 0.717) is 5.92 Å². The van der Waals surface area contributed by atoms with Crippen LogP contribution in [0.3, 0.4) is 0 Å². The van der Waals surface area contributed by atoms with Gasteiger partial charge in [0, 0.05) is 27.8 Å². The highest BCUT2D eigenvalue weighted by Crippen LogP contribution is 2.46. The number of hydrogen-bond donors (Lipinski definition) is 1. The first-order chi connectivity index (χ1) is 8.11. The van der Waals surface area contributed by atoms with Gasteiger partial charge in [-0.1, -0.05) is 12.1 Å². The fourth-order valence-electron chi connectivity index (χ4n) is 3.08. The van der Waals surface area contributed by atoms with Crippen molar-refractivity contribution in [3.8, 4) is 5.75 Å². The Morgan fingerprint density at radius 2 is 2.35 bits per heavy atom. The molecule has 1 N–H and O–H groups in total. The van der Waals surface area contributed by atoms with Gasteiger partial charge >= 0.3 is 0 Å². The Kier molecular flexibility index (Phi) is 2.43. The zero-order chi connectivity index (χ0) is 12.0. The van der Waals surface area contributed by atoms with E-state index in [1.165, 1.54) is 5.56 Å². The molecule has 1 aromatic rings. The van der Waals surface area contributed by atoms with Gasteiger partial charge in [-0.25, -0.2) is 0 Å². The van der Waals surface area contributed by atoms with Crippen molar-refractivity contribution < 1.29 is 8.95 Å². The molecule has 2 aliphatic heterocycles. The second-order valence-corrected chi connectivity index (χ2v) is 6.76. The number of methoxy groups -OCH3 is 1. The van der Waals surface area contributed by atoms with Gasteiger partial charge in [0.15, 0.2) is 0 Å². The first kappa shape index (κ1) is 11.1. The van der Waals surface area contributed by atoms with Crippen LogP contribution >= 0.6 is 0 Å². The maximum atomic E-state index is 11.9. The van der Waals surface area contributed by atoms with E-state index < -0.39 is 10.8 Å². The molecule has 3 rings (SSSR count). The summed E-state index contributed by atoms with van der Waals surface area (Å²) in [4.78, 5) is 0. The van der Waals surface area contributed by atoms with E-state index in [4.69, 9.17) is 4.74 Å². The van der Waals surface area contributed by atoms with E-state index in [1.54, 1.807) is 7.11 Å². The minimum absolute atomic E-state index is 0.0462. The number of hydrogen-bond acceptors (Lipinski definition) is 3. The fraction of sp³-hybridized carbons (Fsp3) is 0.538. The molecule has 0 radical (unpaired) electrons. The van der Waals surface area contributed by atoms with Gasteiger partial charge in [0.2, 0.25) is 0 Å². The van der Waals surface area contributed by atoms with Crippen LogP contribution in [0.15, 0.2) is 18.2 Å². The Balaban J connectivity index is 2.12. The van der Waals surface area contributed by atoms with Crippen LogP contribution < -0.4 is 10.1 Å². The molecule has 2 bridgehead atoms. The summed E-state index contributed by atoms with van der Waals surface area (Å²) in [6, 6.07) is 6.12. The van der Waals surface area contributed by atoms with Gasteiger partial charge in [0.05, 0.1) is 12.8 Å². The highest BCUT2D eigenvalue weighted by molar-refractivity contribution is 7.85. The second-order valence-electron chi connectivity index (χ2n) is 5.26. The molecular formula is C13H17NO2S. The number of ether oxygens (including phenoxy) is 1. The van der Waals surface area contributed by atoms with Crippen LogP contribution in [-0.2, 0) is 10.8 Å². The molecule has 3 atom stereocenters. The van der Waals surface area contributed by atoms with E-state index in [9.17, 15) is 4.21 Å². The third kappa shape index (κ3) is 1.75. The molecule has 92 valence electrons. The van der Waals surface area contributed by atoms with Crippen LogP contribution in [0.1, 0.15) is 24.8 Å². The van der Waals surface area contributed by atoms with Gasteiger partial charge in [0.1, 0.15) is 5.75 Å². The number of benzene rings is 1. The van der Waals surface area contributed by atoms with Crippen molar-refractivity contribution >= 4 is 16.5 Å². The number of anilines is 1. The minimum atomic E-state index is -0.708. The van der Waals surface area contributed by atoms with Crippen LogP contribution in [0.5, 0.6) is 5.75 Å². The molecule has 17 heavy (non-hydrogen) atoms. The van der Waals surface area contributed by atoms with Crippen LogP contribution in [0.25, 0.3) is 0 Å². The molecule has 0 aromatic heterocycles. The lowest BCUT2D eigenvalue weighted by Gasteiger charge is -2.45. The van der Waals surface area contributed by atoms with Crippen molar-refractivity contribution in [2.75, 3.05) is 23.9 Å². The average molecular weight is 251 g/mol. The zero-order valence-electron chi connectivity index (χ0n) is 10.2.